The summed E-state index contributed by atoms with van der Waals surface area (Å²) in [6, 6.07) is 152. The van der Waals surface area contributed by atoms with E-state index in [2.05, 4.69) is 407 Å². The quantitative estimate of drug-likeness (QED) is 0.101. The normalized spacial score (nSPS) is 11.5. The molecule has 22 rings (SSSR count). The molecule has 0 saturated heterocycles. The number of hydrogen-bond donors (Lipinski definition) is 2. The van der Waals surface area contributed by atoms with Gasteiger partial charge in [0.1, 0.15) is 11.2 Å². The number of aliphatic hydroxyl groups is 2. The third kappa shape index (κ3) is 13.2. The average molecular weight is 1530 g/mol. The van der Waals surface area contributed by atoms with Crippen LogP contribution in [0.1, 0.15) is 11.1 Å². The van der Waals surface area contributed by atoms with Crippen molar-refractivity contribution in [1.29, 1.82) is 0 Å². The van der Waals surface area contributed by atoms with Crippen LogP contribution in [0.25, 0.3) is 164 Å². The minimum absolute atomic E-state index is 0.0302. The molecule has 0 fully saturated rings. The first-order valence-electron chi connectivity index (χ1n) is 40.0. The fourth-order valence-electron chi connectivity index (χ4n) is 17.1. The predicted molar refractivity (Wildman–Crippen MR) is 496 cm³/mol. The minimum atomic E-state index is 0.0302. The van der Waals surface area contributed by atoms with Crippen molar-refractivity contribution >= 4 is 131 Å². The lowest BCUT2D eigenvalue weighted by Crippen LogP contribution is -2.09. The van der Waals surface area contributed by atoms with Crippen molar-refractivity contribution < 1.29 is 14.6 Å². The maximum absolute atomic E-state index is 9.64. The second-order valence-corrected chi connectivity index (χ2v) is 31.2. The van der Waals surface area contributed by atoms with Crippen LogP contribution in [0.5, 0.6) is 0 Å². The third-order valence-corrected chi connectivity index (χ3v) is 24.3. The molecule has 4 heterocycles. The highest BCUT2D eigenvalue weighted by atomic mass is 32.1. The number of aromatic nitrogens is 2. The topological polar surface area (TPSA) is 69.9 Å². The van der Waals surface area contributed by atoms with Gasteiger partial charge in [0.05, 0.1) is 35.3 Å². The monoisotopic (exact) mass is 1530 g/mol. The van der Waals surface area contributed by atoms with E-state index in [0.29, 0.717) is 0 Å². The standard InChI is InChI=1S/C55H38N2O2.C55H38N2OS/c2*58-36-37-14-24-47(25-15-37)57-52-12-6-4-10-48(52)50-34-42(22-32-53(50)57)40-18-28-45(29-19-40)56(44-26-16-39(17-27-44)38-8-2-1-3-9-38)46-30-20-41(21-31-46)43-23-33-55-51(35-43)49-11-5-7-13-54(49)59-55/h2*1-35,58H,36H2. The summed E-state index contributed by atoms with van der Waals surface area (Å²) in [7, 11) is 0. The molecule has 7 nitrogen and oxygen atoms in total. The summed E-state index contributed by atoms with van der Waals surface area (Å²) < 4.78 is 13.4. The van der Waals surface area contributed by atoms with Crippen LogP contribution in [0, 0.1) is 0 Å². The van der Waals surface area contributed by atoms with Gasteiger partial charge in [-0.3, -0.25) is 0 Å². The summed E-state index contributed by atoms with van der Waals surface area (Å²) in [5.74, 6) is 0. The van der Waals surface area contributed by atoms with Crippen molar-refractivity contribution in [2.75, 3.05) is 9.80 Å². The molecule has 4 aromatic heterocycles. The van der Waals surface area contributed by atoms with Crippen molar-refractivity contribution in [3.63, 3.8) is 0 Å². The molecule has 118 heavy (non-hydrogen) atoms. The van der Waals surface area contributed by atoms with Crippen LogP contribution in [-0.2, 0) is 13.2 Å². The maximum atomic E-state index is 9.64. The van der Waals surface area contributed by atoms with Crippen molar-refractivity contribution in [2.24, 2.45) is 0 Å². The Morgan fingerprint density at radius 3 is 0.915 bits per heavy atom. The van der Waals surface area contributed by atoms with Crippen LogP contribution in [0.4, 0.5) is 34.1 Å². The van der Waals surface area contributed by atoms with Crippen LogP contribution >= 0.6 is 11.3 Å². The Morgan fingerprint density at radius 2 is 0.500 bits per heavy atom. The lowest BCUT2D eigenvalue weighted by molar-refractivity contribution is 0.281. The van der Waals surface area contributed by atoms with Gasteiger partial charge in [-0.25, -0.2) is 0 Å². The van der Waals surface area contributed by atoms with E-state index in [9.17, 15) is 10.2 Å². The summed E-state index contributed by atoms with van der Waals surface area (Å²) in [6.45, 7) is 0.0633. The smallest absolute Gasteiger partial charge is 0.135 e. The molecule has 0 spiro atoms. The van der Waals surface area contributed by atoms with Crippen LogP contribution < -0.4 is 9.80 Å². The van der Waals surface area contributed by atoms with Crippen molar-refractivity contribution in [3.8, 4) is 78.1 Å². The summed E-state index contributed by atoms with van der Waals surface area (Å²) in [5.41, 5.74) is 31.0. The van der Waals surface area contributed by atoms with Crippen molar-refractivity contribution in [1.82, 2.24) is 9.13 Å². The number of rotatable bonds is 16. The zero-order valence-electron chi connectivity index (χ0n) is 64.3. The van der Waals surface area contributed by atoms with E-state index in [0.717, 1.165) is 128 Å². The Labute approximate surface area is 687 Å². The molecule has 0 unspecified atom stereocenters. The number of benzene rings is 18. The molecule has 0 saturated carbocycles. The number of aliphatic hydroxyl groups excluding tert-OH is 2. The first kappa shape index (κ1) is 70.9. The van der Waals surface area contributed by atoms with Gasteiger partial charge in [0, 0.05) is 98.0 Å². The van der Waals surface area contributed by atoms with Gasteiger partial charge in [0.2, 0.25) is 0 Å². The van der Waals surface area contributed by atoms with E-state index in [-0.39, 0.29) is 13.2 Å². The third-order valence-electron chi connectivity index (χ3n) is 23.2. The highest BCUT2D eigenvalue weighted by Gasteiger charge is 2.21. The summed E-state index contributed by atoms with van der Waals surface area (Å²) >= 11 is 1.85. The molecule has 18 aromatic carbocycles. The minimum Gasteiger partial charge on any atom is -0.456 e. The molecule has 0 aliphatic rings. The fourth-order valence-corrected chi connectivity index (χ4v) is 18.2. The van der Waals surface area contributed by atoms with E-state index >= 15 is 0 Å². The Kier molecular flexibility index (Phi) is 18.3. The van der Waals surface area contributed by atoms with Gasteiger partial charge in [0.15, 0.2) is 0 Å². The van der Waals surface area contributed by atoms with Gasteiger partial charge < -0.3 is 33.6 Å². The van der Waals surface area contributed by atoms with Crippen LogP contribution in [-0.4, -0.2) is 19.3 Å². The molecule has 2 N–H and O–H groups in total. The average Bonchev–Trinajstić information content (AvgIpc) is 1.59. The molecule has 0 amide bonds. The number of nitrogens with zero attached hydrogens (tertiary/aromatic N) is 4. The maximum Gasteiger partial charge on any atom is 0.135 e. The Morgan fingerprint density at radius 1 is 0.212 bits per heavy atom. The second kappa shape index (κ2) is 30.5. The first-order chi connectivity index (χ1) is 58.4. The lowest BCUT2D eigenvalue weighted by atomic mass is 10.0. The molecule has 560 valence electrons. The Balaban J connectivity index is 0.000000147. The van der Waals surface area contributed by atoms with Gasteiger partial charge in [-0.15, -0.1) is 11.3 Å². The van der Waals surface area contributed by atoms with E-state index in [4.69, 9.17) is 4.42 Å². The highest BCUT2D eigenvalue weighted by Crippen LogP contribution is 2.45. The van der Waals surface area contributed by atoms with Gasteiger partial charge in [-0.1, -0.05) is 255 Å². The van der Waals surface area contributed by atoms with E-state index in [1.807, 2.05) is 47.7 Å². The molecule has 0 aliphatic heterocycles. The zero-order valence-corrected chi connectivity index (χ0v) is 65.1. The second-order valence-electron chi connectivity index (χ2n) is 30.1. The number of thiophene rings is 1. The largest absolute Gasteiger partial charge is 0.456 e. The molecule has 0 bridgehead atoms. The number of furan rings is 1. The SMILES string of the molecule is OCc1ccc(-n2c3ccccc3c3cc(-c4ccc(N(c5ccc(-c6ccccc6)cc5)c5ccc(-c6ccc7oc8ccccc8c7c6)cc5)cc4)ccc32)cc1.OCc1ccc(-n2c3ccccc3c3cc(-c4ccc(N(c5ccc(-c6ccccc6)cc5)c5ccc(-c6ccc7sc8ccccc8c7c6)cc5)cc4)ccc32)cc1. The van der Waals surface area contributed by atoms with Crippen molar-refractivity contribution in [3.05, 3.63) is 436 Å². The highest BCUT2D eigenvalue weighted by molar-refractivity contribution is 7.25. The van der Waals surface area contributed by atoms with Gasteiger partial charge >= 0.3 is 0 Å². The molecular formula is C110H76N4O3S. The molecule has 22 aromatic rings. The number of fused-ring (bicyclic) bond motifs is 12. The summed E-state index contributed by atoms with van der Waals surface area (Å²) in [4.78, 5) is 4.67. The molecular weight excluding hydrogens is 1460 g/mol. The Bertz CT molecular complexity index is 6990. The predicted octanol–water partition coefficient (Wildman–Crippen LogP) is 29.8. The van der Waals surface area contributed by atoms with E-state index in [1.165, 1.54) is 80.7 Å². The number of para-hydroxylation sites is 3. The molecule has 0 aliphatic carbocycles. The summed E-state index contributed by atoms with van der Waals surface area (Å²) in [5, 5.41) is 29.0. The Hall–Kier alpha value is -14.9. The molecule has 0 atom stereocenters. The van der Waals surface area contributed by atoms with E-state index < -0.39 is 0 Å². The summed E-state index contributed by atoms with van der Waals surface area (Å²) in [6.07, 6.45) is 0. The first-order valence-corrected chi connectivity index (χ1v) is 40.8. The van der Waals surface area contributed by atoms with Crippen LogP contribution in [0.15, 0.2) is 429 Å². The lowest BCUT2D eigenvalue weighted by Gasteiger charge is -2.26. The number of hydrogen-bond acceptors (Lipinski definition) is 6. The molecule has 8 heteroatoms. The van der Waals surface area contributed by atoms with Crippen LogP contribution in [0.3, 0.4) is 0 Å². The van der Waals surface area contributed by atoms with Gasteiger partial charge in [0.25, 0.3) is 0 Å². The fraction of sp³-hybridized carbons (Fsp3) is 0.0182. The zero-order chi connectivity index (χ0) is 78.6. The van der Waals surface area contributed by atoms with Gasteiger partial charge in [-0.2, -0.15) is 0 Å². The van der Waals surface area contributed by atoms with E-state index in [1.54, 1.807) is 0 Å². The number of anilines is 6. The van der Waals surface area contributed by atoms with Crippen molar-refractivity contribution in [2.45, 2.75) is 13.2 Å². The van der Waals surface area contributed by atoms with Gasteiger partial charge in [-0.05, 0) is 248 Å². The molecule has 0 radical (unpaired) electrons. The van der Waals surface area contributed by atoms with Crippen LogP contribution in [0.2, 0.25) is 0 Å².